The molecule has 0 bridgehead atoms. The summed E-state index contributed by atoms with van der Waals surface area (Å²) in [4.78, 5) is 3.81. The second kappa shape index (κ2) is 5.51. The highest BCUT2D eigenvalue weighted by molar-refractivity contribution is 7.11. The monoisotopic (exact) mass is 305 g/mol. The molecule has 9 heteroatoms. The maximum absolute atomic E-state index is 12.6. The first-order valence-electron chi connectivity index (χ1n) is 5.90. The zero-order valence-corrected chi connectivity index (χ0v) is 11.7. The van der Waals surface area contributed by atoms with Gasteiger partial charge in [0.25, 0.3) is 0 Å². The predicted molar refractivity (Wildman–Crippen MR) is 68.9 cm³/mol. The zero-order chi connectivity index (χ0) is 14.9. The normalized spacial score (nSPS) is 13.7. The minimum Gasteiger partial charge on any atom is -0.270 e. The van der Waals surface area contributed by atoms with Crippen LogP contribution in [0.15, 0.2) is 12.3 Å². The lowest BCUT2D eigenvalue weighted by Gasteiger charge is -2.15. The maximum atomic E-state index is 12.6. The average Bonchev–Trinajstić information content (AvgIpc) is 2.97. The second-order valence-electron chi connectivity index (χ2n) is 4.19. The van der Waals surface area contributed by atoms with Crippen molar-refractivity contribution in [2.45, 2.75) is 32.6 Å². The number of aryl methyl sites for hydroxylation is 2. The van der Waals surface area contributed by atoms with Crippen molar-refractivity contribution in [3.8, 4) is 0 Å². The van der Waals surface area contributed by atoms with Gasteiger partial charge in [-0.2, -0.15) is 18.3 Å². The smallest absolute Gasteiger partial charge is 0.270 e. The molecule has 5 nitrogen and oxygen atoms in total. The van der Waals surface area contributed by atoms with E-state index in [1.807, 2.05) is 13.8 Å². The van der Waals surface area contributed by atoms with E-state index in [0.29, 0.717) is 28.5 Å². The SMILES string of the molecule is CCn1nc(C)cc1C(NN)c1cnc(C(F)(F)F)s1. The highest BCUT2D eigenvalue weighted by atomic mass is 32.1. The molecule has 1 unspecified atom stereocenters. The molecule has 0 saturated carbocycles. The molecular weight excluding hydrogens is 291 g/mol. The highest BCUT2D eigenvalue weighted by Gasteiger charge is 2.35. The Kier molecular flexibility index (Phi) is 4.11. The molecule has 2 aromatic rings. The Labute approximate surface area is 117 Å². The fourth-order valence-electron chi connectivity index (χ4n) is 1.92. The largest absolute Gasteiger partial charge is 0.443 e. The molecule has 2 aromatic heterocycles. The molecule has 0 fully saturated rings. The molecule has 0 radical (unpaired) electrons. The molecule has 2 heterocycles. The number of nitrogens with two attached hydrogens (primary N) is 1. The minimum atomic E-state index is -4.44. The molecule has 1 atom stereocenters. The van der Waals surface area contributed by atoms with E-state index in [-0.39, 0.29) is 0 Å². The van der Waals surface area contributed by atoms with Gasteiger partial charge in [-0.05, 0) is 19.9 Å². The Balaban J connectivity index is 2.39. The van der Waals surface area contributed by atoms with E-state index in [9.17, 15) is 13.2 Å². The first-order chi connectivity index (χ1) is 9.36. The molecule has 20 heavy (non-hydrogen) atoms. The van der Waals surface area contributed by atoms with Crippen LogP contribution in [0.3, 0.4) is 0 Å². The third-order valence-electron chi connectivity index (χ3n) is 2.75. The molecule has 0 aliphatic rings. The summed E-state index contributed by atoms with van der Waals surface area (Å²) < 4.78 is 39.5. The second-order valence-corrected chi connectivity index (χ2v) is 5.25. The fourth-order valence-corrected chi connectivity index (χ4v) is 2.77. The van der Waals surface area contributed by atoms with Crippen molar-refractivity contribution in [1.82, 2.24) is 20.2 Å². The number of nitrogens with one attached hydrogen (secondary N) is 1. The summed E-state index contributed by atoms with van der Waals surface area (Å²) >= 11 is 0.576. The molecule has 0 amide bonds. The van der Waals surface area contributed by atoms with E-state index in [1.165, 1.54) is 6.20 Å². The van der Waals surface area contributed by atoms with Gasteiger partial charge in [-0.3, -0.25) is 10.5 Å². The van der Waals surface area contributed by atoms with Gasteiger partial charge in [0.2, 0.25) is 0 Å². The molecular formula is C11H14F3N5S. The summed E-state index contributed by atoms with van der Waals surface area (Å²) in [6.07, 6.45) is -3.25. The van der Waals surface area contributed by atoms with Crippen molar-refractivity contribution >= 4 is 11.3 Å². The molecule has 110 valence electrons. The molecule has 0 aromatic carbocycles. The van der Waals surface area contributed by atoms with Crippen LogP contribution in [0.25, 0.3) is 0 Å². The fraction of sp³-hybridized carbons (Fsp3) is 0.455. The Morgan fingerprint density at radius 1 is 1.50 bits per heavy atom. The number of hydrogen-bond acceptors (Lipinski definition) is 5. The van der Waals surface area contributed by atoms with Gasteiger partial charge in [0.15, 0.2) is 5.01 Å². The first-order valence-corrected chi connectivity index (χ1v) is 6.71. The van der Waals surface area contributed by atoms with Crippen molar-refractivity contribution in [2.75, 3.05) is 0 Å². The Hall–Kier alpha value is -1.45. The molecule has 2 rings (SSSR count). The summed E-state index contributed by atoms with van der Waals surface area (Å²) in [5.41, 5.74) is 4.02. The summed E-state index contributed by atoms with van der Waals surface area (Å²) in [5.74, 6) is 5.49. The van der Waals surface area contributed by atoms with Crippen LogP contribution in [0, 0.1) is 6.92 Å². The van der Waals surface area contributed by atoms with Crippen LogP contribution >= 0.6 is 11.3 Å². The summed E-state index contributed by atoms with van der Waals surface area (Å²) in [6.45, 7) is 4.32. The van der Waals surface area contributed by atoms with Crippen molar-refractivity contribution in [1.29, 1.82) is 0 Å². The van der Waals surface area contributed by atoms with E-state index in [0.717, 1.165) is 5.69 Å². The Bertz CT molecular complexity index is 589. The minimum absolute atomic E-state index is 0.398. The van der Waals surface area contributed by atoms with E-state index in [2.05, 4.69) is 15.5 Å². The molecule has 0 aliphatic carbocycles. The maximum Gasteiger partial charge on any atom is 0.443 e. The number of hydrogen-bond donors (Lipinski definition) is 2. The van der Waals surface area contributed by atoms with Gasteiger partial charge in [0.05, 0.1) is 17.4 Å². The highest BCUT2D eigenvalue weighted by Crippen LogP contribution is 2.35. The van der Waals surface area contributed by atoms with Gasteiger partial charge in [0.1, 0.15) is 0 Å². The number of alkyl halides is 3. The van der Waals surface area contributed by atoms with Crippen LogP contribution in [0.2, 0.25) is 0 Å². The lowest BCUT2D eigenvalue weighted by molar-refractivity contribution is -0.137. The number of halogens is 3. The third-order valence-corrected chi connectivity index (χ3v) is 3.85. The standard InChI is InChI=1S/C11H14F3N5S/c1-3-19-7(4-6(2)18-19)9(17-15)8-5-16-10(20-8)11(12,13)14/h4-5,9,17H,3,15H2,1-2H3. The van der Waals surface area contributed by atoms with Gasteiger partial charge in [-0.25, -0.2) is 10.4 Å². The summed E-state index contributed by atoms with van der Waals surface area (Å²) in [5, 5.41) is 3.38. The lowest BCUT2D eigenvalue weighted by atomic mass is 10.2. The van der Waals surface area contributed by atoms with Gasteiger partial charge in [0, 0.05) is 17.6 Å². The van der Waals surface area contributed by atoms with Crippen LogP contribution < -0.4 is 11.3 Å². The van der Waals surface area contributed by atoms with E-state index < -0.39 is 17.2 Å². The number of hydrazine groups is 1. The van der Waals surface area contributed by atoms with Crippen molar-refractivity contribution in [2.24, 2.45) is 5.84 Å². The van der Waals surface area contributed by atoms with Gasteiger partial charge in [-0.1, -0.05) is 0 Å². The van der Waals surface area contributed by atoms with E-state index in [1.54, 1.807) is 10.7 Å². The number of thiazole rings is 1. The van der Waals surface area contributed by atoms with Crippen LogP contribution in [0.4, 0.5) is 13.2 Å². The lowest BCUT2D eigenvalue weighted by Crippen LogP contribution is -2.30. The number of nitrogens with zero attached hydrogens (tertiary/aromatic N) is 3. The van der Waals surface area contributed by atoms with Gasteiger partial charge >= 0.3 is 6.18 Å². The predicted octanol–water partition coefficient (Wildman–Crippen LogP) is 2.24. The topological polar surface area (TPSA) is 68.8 Å². The van der Waals surface area contributed by atoms with Crippen molar-refractivity contribution < 1.29 is 13.2 Å². The Morgan fingerprint density at radius 2 is 2.20 bits per heavy atom. The zero-order valence-electron chi connectivity index (χ0n) is 10.9. The molecule has 0 spiro atoms. The number of rotatable bonds is 4. The van der Waals surface area contributed by atoms with Crippen LogP contribution in [-0.4, -0.2) is 14.8 Å². The van der Waals surface area contributed by atoms with Crippen molar-refractivity contribution in [3.63, 3.8) is 0 Å². The Morgan fingerprint density at radius 3 is 2.70 bits per heavy atom. The quantitative estimate of drug-likeness (QED) is 0.671. The number of aromatic nitrogens is 3. The summed E-state index contributed by atoms with van der Waals surface area (Å²) in [6, 6.07) is 1.23. The van der Waals surface area contributed by atoms with Crippen LogP contribution in [0.5, 0.6) is 0 Å². The molecule has 3 N–H and O–H groups in total. The van der Waals surface area contributed by atoms with Crippen molar-refractivity contribution in [3.05, 3.63) is 33.5 Å². The molecule has 0 saturated heterocycles. The molecule has 0 aliphatic heterocycles. The average molecular weight is 305 g/mol. The van der Waals surface area contributed by atoms with Gasteiger partial charge < -0.3 is 0 Å². The summed E-state index contributed by atoms with van der Waals surface area (Å²) in [7, 11) is 0. The first kappa shape index (κ1) is 14.9. The van der Waals surface area contributed by atoms with Crippen LogP contribution in [0.1, 0.15) is 34.2 Å². The van der Waals surface area contributed by atoms with Gasteiger partial charge in [-0.15, -0.1) is 11.3 Å². The van der Waals surface area contributed by atoms with E-state index in [4.69, 9.17) is 5.84 Å². The third kappa shape index (κ3) is 2.84. The van der Waals surface area contributed by atoms with Crippen LogP contribution in [-0.2, 0) is 12.7 Å². The van der Waals surface area contributed by atoms with E-state index >= 15 is 0 Å².